The molecule has 2 aliphatic rings. The predicted molar refractivity (Wildman–Crippen MR) is 158 cm³/mol. The summed E-state index contributed by atoms with van der Waals surface area (Å²) in [6.45, 7) is -0.859. The fraction of sp³-hybridized carbons (Fsp3) is 0.379. The van der Waals surface area contributed by atoms with Crippen molar-refractivity contribution in [2.75, 3.05) is 19.6 Å². The van der Waals surface area contributed by atoms with Crippen LogP contribution in [0, 0.1) is 5.92 Å². The molecule has 2 amide bonds. The molecule has 0 saturated carbocycles. The van der Waals surface area contributed by atoms with Crippen LogP contribution in [0.1, 0.15) is 41.9 Å². The third-order valence-electron chi connectivity index (χ3n) is 8.29. The molecule has 220 valence electrons. The number of aromatic nitrogens is 3. The van der Waals surface area contributed by atoms with Gasteiger partial charge in [-0.2, -0.15) is 18.3 Å². The molecular weight excluding hydrogens is 683 g/mol. The summed E-state index contributed by atoms with van der Waals surface area (Å²) >= 11 is 6.88. The number of nitrogens with zero attached hydrogens (tertiary/aromatic N) is 3. The first kappa shape index (κ1) is 28.9. The van der Waals surface area contributed by atoms with E-state index in [0.717, 1.165) is 15.8 Å². The fourth-order valence-corrected chi connectivity index (χ4v) is 7.33. The van der Waals surface area contributed by atoms with Crippen molar-refractivity contribution in [2.45, 2.75) is 44.3 Å². The van der Waals surface area contributed by atoms with Crippen LogP contribution >= 0.6 is 31.9 Å². The number of fused-ring (bicyclic) bond motifs is 4. The van der Waals surface area contributed by atoms with Crippen molar-refractivity contribution >= 4 is 65.5 Å². The number of alkyl halides is 3. The van der Waals surface area contributed by atoms with Gasteiger partial charge in [-0.1, -0.05) is 18.2 Å². The van der Waals surface area contributed by atoms with E-state index in [0.29, 0.717) is 62.6 Å². The van der Waals surface area contributed by atoms with Crippen molar-refractivity contribution in [3.05, 3.63) is 72.5 Å². The highest BCUT2D eigenvalue weighted by atomic mass is 79.9. The standard InChI is InChI=1S/C29H26Br2F3N5O3/c30-21-11-17-9-18(28(42)39(14-29(32,33)34)13-20(17)24-25(21)36-37-26(24)31)12-23(40)38-7-5-15(6-8-38)19-10-16-3-1-2-4-22(16)35-27(19)41/h1-4,10-11,15,18H,5-9,12-14H2,(H,35,41)(H,36,37). The zero-order chi connectivity index (χ0) is 29.8. The summed E-state index contributed by atoms with van der Waals surface area (Å²) in [7, 11) is 0. The second kappa shape index (κ2) is 11.1. The quantitative estimate of drug-likeness (QED) is 0.280. The Morgan fingerprint density at radius 1 is 1.10 bits per heavy atom. The van der Waals surface area contributed by atoms with Gasteiger partial charge in [0.15, 0.2) is 0 Å². The summed E-state index contributed by atoms with van der Waals surface area (Å²) in [5.41, 5.74) is 3.19. The van der Waals surface area contributed by atoms with Crippen LogP contribution in [0.5, 0.6) is 0 Å². The van der Waals surface area contributed by atoms with Crippen LogP contribution < -0.4 is 5.56 Å². The summed E-state index contributed by atoms with van der Waals surface area (Å²) in [6.07, 6.45) is -3.51. The lowest BCUT2D eigenvalue weighted by atomic mass is 9.88. The SMILES string of the molecule is O=C(CC1Cc2cc(Br)c3[nH]nc(Br)c3c2CN(CC(F)(F)F)C1=O)N1CCC(c2cc3ccccc3[nH]c2=O)CC1. The number of aromatic amines is 2. The maximum absolute atomic E-state index is 13.6. The van der Waals surface area contributed by atoms with Gasteiger partial charge in [0.1, 0.15) is 11.1 Å². The van der Waals surface area contributed by atoms with Gasteiger partial charge >= 0.3 is 6.18 Å². The highest BCUT2D eigenvalue weighted by Crippen LogP contribution is 2.38. The lowest BCUT2D eigenvalue weighted by Crippen LogP contribution is -2.44. The minimum Gasteiger partial charge on any atom is -0.343 e. The van der Waals surface area contributed by atoms with Crippen molar-refractivity contribution in [1.29, 1.82) is 0 Å². The van der Waals surface area contributed by atoms with E-state index in [9.17, 15) is 27.6 Å². The number of carbonyl (C=O) groups excluding carboxylic acids is 2. The molecule has 1 atom stereocenters. The molecule has 2 N–H and O–H groups in total. The number of pyridine rings is 1. The second-order valence-corrected chi connectivity index (χ2v) is 12.6. The van der Waals surface area contributed by atoms with E-state index in [-0.39, 0.29) is 36.8 Å². The van der Waals surface area contributed by atoms with Crippen LogP contribution in [0.15, 0.2) is 50.3 Å². The number of amides is 2. The number of carbonyl (C=O) groups is 2. The first-order valence-electron chi connectivity index (χ1n) is 13.6. The molecule has 2 aromatic heterocycles. The first-order chi connectivity index (χ1) is 20.0. The molecule has 2 aliphatic heterocycles. The van der Waals surface area contributed by atoms with Gasteiger partial charge < -0.3 is 14.8 Å². The number of hydrogen-bond donors (Lipinski definition) is 2. The largest absolute Gasteiger partial charge is 0.406 e. The molecule has 0 radical (unpaired) electrons. The average molecular weight is 709 g/mol. The van der Waals surface area contributed by atoms with Gasteiger partial charge in [0.25, 0.3) is 5.56 Å². The summed E-state index contributed by atoms with van der Waals surface area (Å²) in [5.74, 6) is -1.95. The Labute approximate surface area is 254 Å². The number of piperidine rings is 1. The molecule has 0 bridgehead atoms. The van der Waals surface area contributed by atoms with Gasteiger partial charge in [0, 0.05) is 47.0 Å². The van der Waals surface area contributed by atoms with E-state index >= 15 is 0 Å². The van der Waals surface area contributed by atoms with Crippen LogP contribution in [0.4, 0.5) is 13.2 Å². The monoisotopic (exact) mass is 707 g/mol. The molecule has 13 heteroatoms. The van der Waals surface area contributed by atoms with Crippen LogP contribution in [0.2, 0.25) is 0 Å². The maximum atomic E-state index is 13.6. The maximum Gasteiger partial charge on any atom is 0.406 e. The molecule has 42 heavy (non-hydrogen) atoms. The minimum absolute atomic E-state index is 0.0239. The molecule has 1 unspecified atom stereocenters. The van der Waals surface area contributed by atoms with Crippen LogP contribution in [0.25, 0.3) is 21.8 Å². The number of benzene rings is 2. The van der Waals surface area contributed by atoms with Gasteiger partial charge in [0.05, 0.1) is 11.4 Å². The molecule has 1 fully saturated rings. The fourth-order valence-electron chi connectivity index (χ4n) is 6.24. The highest BCUT2D eigenvalue weighted by molar-refractivity contribution is 9.11. The molecule has 6 rings (SSSR count). The summed E-state index contributed by atoms with van der Waals surface area (Å²) in [6, 6.07) is 11.2. The number of likely N-dealkylation sites (tertiary alicyclic amines) is 1. The Bertz CT molecular complexity index is 1760. The van der Waals surface area contributed by atoms with Crippen LogP contribution in [-0.2, 0) is 22.6 Å². The number of halogens is 5. The number of para-hydroxylation sites is 1. The molecular formula is C29H26Br2F3N5O3. The topological polar surface area (TPSA) is 102 Å². The van der Waals surface area contributed by atoms with Crippen molar-refractivity contribution in [2.24, 2.45) is 5.92 Å². The van der Waals surface area contributed by atoms with E-state index < -0.39 is 24.5 Å². The lowest BCUT2D eigenvalue weighted by molar-refractivity contribution is -0.165. The molecule has 2 aromatic carbocycles. The van der Waals surface area contributed by atoms with E-state index in [1.807, 2.05) is 30.3 Å². The number of hydrogen-bond acceptors (Lipinski definition) is 4. The van der Waals surface area contributed by atoms with Crippen molar-refractivity contribution < 1.29 is 22.8 Å². The van der Waals surface area contributed by atoms with Gasteiger partial charge in [0.2, 0.25) is 11.8 Å². The molecule has 0 spiro atoms. The molecule has 4 heterocycles. The smallest absolute Gasteiger partial charge is 0.343 e. The number of nitrogens with one attached hydrogen (secondary N) is 2. The predicted octanol–water partition coefficient (Wildman–Crippen LogP) is 5.79. The second-order valence-electron chi connectivity index (χ2n) is 11.0. The Hall–Kier alpha value is -3.19. The van der Waals surface area contributed by atoms with Crippen LogP contribution in [-0.4, -0.2) is 62.6 Å². The third kappa shape index (κ3) is 5.60. The van der Waals surface area contributed by atoms with Crippen LogP contribution in [0.3, 0.4) is 0 Å². The minimum atomic E-state index is -4.60. The summed E-state index contributed by atoms with van der Waals surface area (Å²) < 4.78 is 41.8. The van der Waals surface area contributed by atoms with Crippen molar-refractivity contribution in [3.8, 4) is 0 Å². The van der Waals surface area contributed by atoms with E-state index in [1.54, 1.807) is 11.0 Å². The van der Waals surface area contributed by atoms with Gasteiger partial charge in [-0.25, -0.2) is 0 Å². The molecule has 0 aliphatic carbocycles. The summed E-state index contributed by atoms with van der Waals surface area (Å²) in [4.78, 5) is 45.1. The number of H-pyrrole nitrogens is 2. The van der Waals surface area contributed by atoms with E-state index in [2.05, 4.69) is 47.0 Å². The average Bonchev–Trinajstić information content (AvgIpc) is 3.29. The Morgan fingerprint density at radius 2 is 1.83 bits per heavy atom. The number of rotatable bonds is 4. The third-order valence-corrected chi connectivity index (χ3v) is 9.49. The Balaban J connectivity index is 1.21. The van der Waals surface area contributed by atoms with Gasteiger partial charge in [-0.15, -0.1) is 0 Å². The normalized spacial score (nSPS) is 18.5. The zero-order valence-electron chi connectivity index (χ0n) is 22.2. The van der Waals surface area contributed by atoms with Crippen molar-refractivity contribution in [1.82, 2.24) is 25.0 Å². The first-order valence-corrected chi connectivity index (χ1v) is 15.2. The molecule has 1 saturated heterocycles. The van der Waals surface area contributed by atoms with E-state index in [1.165, 1.54) is 0 Å². The molecule has 8 nitrogen and oxygen atoms in total. The summed E-state index contributed by atoms with van der Waals surface area (Å²) in [5, 5.41) is 8.55. The van der Waals surface area contributed by atoms with Gasteiger partial charge in [-0.3, -0.25) is 19.5 Å². The highest BCUT2D eigenvalue weighted by Gasteiger charge is 2.40. The molecule has 4 aromatic rings. The van der Waals surface area contributed by atoms with Crippen molar-refractivity contribution in [3.63, 3.8) is 0 Å². The lowest BCUT2D eigenvalue weighted by Gasteiger charge is -2.33. The van der Waals surface area contributed by atoms with E-state index in [4.69, 9.17) is 0 Å². The Kier molecular flexibility index (Phi) is 7.67. The zero-order valence-corrected chi connectivity index (χ0v) is 25.4. The Morgan fingerprint density at radius 3 is 2.57 bits per heavy atom. The van der Waals surface area contributed by atoms with Gasteiger partial charge in [-0.05, 0) is 91.8 Å².